The molecular formula is C73H81F3N12O10. The Bertz CT molecular complexity index is 4460. The number of ketones is 2. The molecule has 3 aliphatic heterocycles. The Balaban J connectivity index is 0.000000160. The van der Waals surface area contributed by atoms with Crippen LogP contribution >= 0.6 is 0 Å². The first kappa shape index (κ1) is 70.3. The number of methoxy groups -OCH3 is 3. The number of nitrogens with two attached hydrogens (primary N) is 3. The number of aromatic amines is 2. The number of fused-ring (bicyclic) bond motifs is 3. The average molecular weight is 1340 g/mol. The molecule has 3 saturated heterocycles. The van der Waals surface area contributed by atoms with Crippen LogP contribution in [-0.2, 0) is 29.2 Å². The minimum absolute atomic E-state index is 0.00858. The molecule has 9 aromatic rings. The molecule has 12 rings (SSSR count). The molecule has 3 aromatic heterocycles. The van der Waals surface area contributed by atoms with E-state index < -0.39 is 23.4 Å². The molecule has 5 amide bonds. The van der Waals surface area contributed by atoms with Crippen molar-refractivity contribution in [2.75, 3.05) is 66.4 Å². The first-order valence-electron chi connectivity index (χ1n) is 32.1. The van der Waals surface area contributed by atoms with E-state index in [1.165, 1.54) is 73.8 Å². The van der Waals surface area contributed by atoms with Crippen molar-refractivity contribution < 1.29 is 60.9 Å². The van der Waals surface area contributed by atoms with E-state index in [1.54, 1.807) is 59.4 Å². The molecule has 0 radical (unpaired) electrons. The second kappa shape index (κ2) is 29.9. The summed E-state index contributed by atoms with van der Waals surface area (Å²) in [7, 11) is 4.51. The van der Waals surface area contributed by atoms with Gasteiger partial charge in [0.05, 0.1) is 54.7 Å². The number of hydrogen-bond donors (Lipinski definition) is 5. The van der Waals surface area contributed by atoms with Crippen LogP contribution in [0.3, 0.4) is 0 Å². The van der Waals surface area contributed by atoms with Gasteiger partial charge in [-0.2, -0.15) is 0 Å². The monoisotopic (exact) mass is 1340 g/mol. The topological polar surface area (TPSA) is 281 Å². The highest BCUT2D eigenvalue weighted by molar-refractivity contribution is 6.45. The van der Waals surface area contributed by atoms with Gasteiger partial charge < -0.3 is 56.2 Å². The number of ether oxygens (including phenoxy) is 3. The first-order valence-corrected chi connectivity index (χ1v) is 32.1. The van der Waals surface area contributed by atoms with Crippen LogP contribution in [0, 0.1) is 17.5 Å². The number of carbonyl (C=O) groups is 7. The van der Waals surface area contributed by atoms with Crippen LogP contribution in [-0.4, -0.2) is 182 Å². The van der Waals surface area contributed by atoms with Gasteiger partial charge in [-0.05, 0) is 119 Å². The van der Waals surface area contributed by atoms with Gasteiger partial charge in [-0.1, -0.05) is 36.4 Å². The van der Waals surface area contributed by atoms with E-state index in [4.69, 9.17) is 31.5 Å². The lowest BCUT2D eigenvalue weighted by Gasteiger charge is -2.44. The highest BCUT2D eigenvalue weighted by atomic mass is 19.1. The number of Topliss-reactive ketones (excluding diaryl/α,β-unsaturated/α-hetero) is 2. The molecule has 6 heterocycles. The third-order valence-corrected chi connectivity index (χ3v) is 18.7. The fraction of sp³-hybridized carbons (Fsp3) is 0.329. The summed E-state index contributed by atoms with van der Waals surface area (Å²) in [5.74, 6) is 2.07. The normalized spacial score (nSPS) is 19.1. The van der Waals surface area contributed by atoms with Gasteiger partial charge in [-0.25, -0.2) is 13.2 Å². The third-order valence-electron chi connectivity index (χ3n) is 18.7. The highest BCUT2D eigenvalue weighted by Crippen LogP contribution is 2.35. The lowest BCUT2D eigenvalue weighted by atomic mass is 10.0. The molecule has 98 heavy (non-hydrogen) atoms. The fourth-order valence-electron chi connectivity index (χ4n) is 13.2. The van der Waals surface area contributed by atoms with Crippen molar-refractivity contribution in [3.63, 3.8) is 0 Å². The molecule has 0 spiro atoms. The van der Waals surface area contributed by atoms with Crippen molar-refractivity contribution in [1.29, 1.82) is 0 Å². The molecule has 0 aliphatic carbocycles. The number of hydrogen-bond acceptors (Lipinski definition) is 14. The number of primary amides is 2. The molecule has 514 valence electrons. The Kier molecular flexibility index (Phi) is 21.4. The summed E-state index contributed by atoms with van der Waals surface area (Å²) in [5.41, 5.74) is 16.7. The smallest absolute Gasteiger partial charge is 0.289 e. The number of rotatable bonds is 16. The number of piperazine rings is 3. The van der Waals surface area contributed by atoms with Crippen LogP contribution in [0.4, 0.5) is 13.2 Å². The largest absolute Gasteiger partial charge is 0.496 e. The number of benzene rings is 6. The Morgan fingerprint density at radius 2 is 0.806 bits per heavy atom. The standard InChI is InChI=1S/C25H28FN5O4.C25H27FN4O4.C23H26FN3O2/c1-14-11-30(15(2)10-29(14)12-16-4-6-17(26)7-5-16)25(34)19-8-18-20(23(32)24(27)33)13-31(28)21(18)9-22(19)35-3;1-14-12-30(15(2)11-29(14)13-16-4-6-17(26)7-5-16)25(33)19-8-18-20(23(31)24(27)32)10-28-21(18)9-22(19)34-3;1-15-13-27(16(2)12-26(15)14-17-4-6-19(24)7-5-17)23(28)20-10-18-8-9-25-21(18)11-22(20)29-3/h4-9,13-15H,10-12,28H2,1-3H3,(H2,27,33);4-10,14-15,28H,11-13H2,1-3H3,(H2,27,32);4-11,15-16,25H,12-14H2,1-3H3/t2*14-,15+;15-,16+/m000/s1. The summed E-state index contributed by atoms with van der Waals surface area (Å²) in [4.78, 5) is 107. The van der Waals surface area contributed by atoms with Crippen LogP contribution < -0.4 is 31.5 Å². The maximum Gasteiger partial charge on any atom is 0.289 e. The van der Waals surface area contributed by atoms with Gasteiger partial charge in [0.2, 0.25) is 0 Å². The molecular weight excluding hydrogens is 1260 g/mol. The lowest BCUT2D eigenvalue weighted by molar-refractivity contribution is -0.114. The Morgan fingerprint density at radius 1 is 0.439 bits per heavy atom. The van der Waals surface area contributed by atoms with Gasteiger partial charge in [0, 0.05) is 159 Å². The zero-order valence-electron chi connectivity index (χ0n) is 56.1. The van der Waals surface area contributed by atoms with Crippen LogP contribution in [0.2, 0.25) is 0 Å². The van der Waals surface area contributed by atoms with E-state index in [9.17, 15) is 46.7 Å². The summed E-state index contributed by atoms with van der Waals surface area (Å²) in [6, 6.07) is 31.7. The van der Waals surface area contributed by atoms with Crippen molar-refractivity contribution in [2.24, 2.45) is 11.5 Å². The average Bonchev–Trinajstić information content (AvgIpc) is 1.54. The highest BCUT2D eigenvalue weighted by Gasteiger charge is 2.38. The number of aromatic nitrogens is 3. The summed E-state index contributed by atoms with van der Waals surface area (Å²) in [5, 5.41) is 1.77. The number of carbonyl (C=O) groups excluding carboxylic acids is 7. The molecule has 0 bridgehead atoms. The molecule has 6 aromatic carbocycles. The predicted molar refractivity (Wildman–Crippen MR) is 366 cm³/mol. The van der Waals surface area contributed by atoms with E-state index in [0.29, 0.717) is 96.0 Å². The zero-order valence-corrected chi connectivity index (χ0v) is 56.1. The van der Waals surface area contributed by atoms with Gasteiger partial charge in [0.1, 0.15) is 34.7 Å². The first-order chi connectivity index (χ1) is 46.7. The van der Waals surface area contributed by atoms with Gasteiger partial charge in [-0.3, -0.25) is 52.9 Å². The van der Waals surface area contributed by atoms with Crippen molar-refractivity contribution in [2.45, 2.75) is 97.4 Å². The van der Waals surface area contributed by atoms with Crippen LogP contribution in [0.1, 0.15) is 110 Å². The Hall–Kier alpha value is -10.5. The maximum atomic E-state index is 13.7. The number of nitrogens with zero attached hydrogens (tertiary/aromatic N) is 7. The number of amides is 5. The molecule has 0 unspecified atom stereocenters. The van der Waals surface area contributed by atoms with E-state index in [-0.39, 0.29) is 88.1 Å². The minimum atomic E-state index is -1.11. The third kappa shape index (κ3) is 15.2. The van der Waals surface area contributed by atoms with Crippen LogP contribution in [0.15, 0.2) is 134 Å². The molecule has 6 atom stereocenters. The summed E-state index contributed by atoms with van der Waals surface area (Å²) < 4.78 is 57.3. The zero-order chi connectivity index (χ0) is 70.5. The van der Waals surface area contributed by atoms with Crippen LogP contribution in [0.25, 0.3) is 32.7 Å². The Labute approximate surface area is 564 Å². The summed E-state index contributed by atoms with van der Waals surface area (Å²) >= 11 is 0. The summed E-state index contributed by atoms with van der Waals surface area (Å²) in [6.07, 6.45) is 4.58. The second-order valence-corrected chi connectivity index (χ2v) is 25.5. The summed E-state index contributed by atoms with van der Waals surface area (Å²) in [6.45, 7) is 17.9. The minimum Gasteiger partial charge on any atom is -0.496 e. The SMILES string of the molecule is COc1cc2[nH]cc(C(=O)C(N)=O)c2cc1C(=O)N1C[C@H](C)N(Cc2ccc(F)cc2)C[C@H]1C.COc1cc2[nH]ccc2cc1C(=O)N1C[C@H](C)N(Cc2ccc(F)cc2)C[C@H]1C.COc1cc2c(cc1C(=O)N1C[C@H](C)N(Cc3ccc(F)cc3)C[C@H]1C)c(C(=O)C(N)=O)cn2N. The number of halogens is 3. The molecule has 22 nitrogen and oxygen atoms in total. The van der Waals surface area contributed by atoms with Crippen molar-refractivity contribution in [3.05, 3.63) is 196 Å². The fourth-order valence-corrected chi connectivity index (χ4v) is 13.2. The molecule has 8 N–H and O–H groups in total. The molecule has 3 fully saturated rings. The van der Waals surface area contributed by atoms with Gasteiger partial charge in [0.15, 0.2) is 0 Å². The molecule has 0 saturated carbocycles. The van der Waals surface area contributed by atoms with E-state index in [0.717, 1.165) is 40.7 Å². The van der Waals surface area contributed by atoms with Crippen molar-refractivity contribution >= 4 is 73.8 Å². The van der Waals surface area contributed by atoms with Gasteiger partial charge in [0.25, 0.3) is 41.1 Å². The van der Waals surface area contributed by atoms with Gasteiger partial charge in [-0.15, -0.1) is 0 Å². The van der Waals surface area contributed by atoms with Crippen molar-refractivity contribution in [3.8, 4) is 17.2 Å². The maximum absolute atomic E-state index is 13.7. The lowest BCUT2D eigenvalue weighted by Crippen LogP contribution is -2.57. The van der Waals surface area contributed by atoms with E-state index >= 15 is 0 Å². The molecule has 3 aliphatic rings. The van der Waals surface area contributed by atoms with E-state index in [2.05, 4.69) is 38.5 Å². The number of nitrogens with one attached hydrogen (secondary N) is 2. The quantitative estimate of drug-likeness (QED) is 0.0344. The second-order valence-electron chi connectivity index (χ2n) is 25.5. The number of H-pyrrole nitrogens is 2. The molecule has 25 heteroatoms. The Morgan fingerprint density at radius 3 is 1.20 bits per heavy atom. The predicted octanol–water partition coefficient (Wildman–Crippen LogP) is 8.68. The number of nitrogen functional groups attached to an aromatic ring is 1. The van der Waals surface area contributed by atoms with Gasteiger partial charge >= 0.3 is 0 Å². The van der Waals surface area contributed by atoms with Crippen molar-refractivity contribution in [1.82, 2.24) is 44.0 Å². The van der Waals surface area contributed by atoms with E-state index in [1.807, 2.05) is 69.1 Å². The van der Waals surface area contributed by atoms with Crippen LogP contribution in [0.5, 0.6) is 17.2 Å².